The number of benzene rings is 1. The van der Waals surface area contributed by atoms with E-state index in [0.717, 1.165) is 23.0 Å². The van der Waals surface area contributed by atoms with Crippen molar-refractivity contribution in [3.63, 3.8) is 0 Å². The molecule has 1 aliphatic carbocycles. The zero-order valence-corrected chi connectivity index (χ0v) is 12.0. The van der Waals surface area contributed by atoms with Crippen LogP contribution in [-0.2, 0) is 6.42 Å². The molecule has 0 amide bonds. The summed E-state index contributed by atoms with van der Waals surface area (Å²) in [5.41, 5.74) is 1.12. The number of carbonyl (C=O) groups excluding carboxylic acids is 1. The molecule has 8 heteroatoms. The highest BCUT2D eigenvalue weighted by atomic mass is 32.1. The molecule has 0 bridgehead atoms. The van der Waals surface area contributed by atoms with Gasteiger partial charge in [0, 0.05) is 5.56 Å². The Morgan fingerprint density at radius 2 is 1.86 bits per heavy atom. The lowest BCUT2D eigenvalue weighted by atomic mass is 9.82. The molecule has 0 spiro atoms. The lowest BCUT2D eigenvalue weighted by Gasteiger charge is -2.21. The van der Waals surface area contributed by atoms with E-state index in [4.69, 9.17) is 0 Å². The minimum Gasteiger partial charge on any atom is -0.293 e. The van der Waals surface area contributed by atoms with Crippen molar-refractivity contribution in [1.29, 1.82) is 0 Å². The van der Waals surface area contributed by atoms with Crippen LogP contribution in [0.1, 0.15) is 33.1 Å². The maximum Gasteiger partial charge on any atom is 0.331 e. The molecule has 7 nitrogen and oxygen atoms in total. The van der Waals surface area contributed by atoms with Gasteiger partial charge in [0.1, 0.15) is 6.07 Å². The fourth-order valence-electron chi connectivity index (χ4n) is 2.71. The third kappa shape index (κ3) is 2.27. The molecule has 1 aromatic heterocycles. The number of nitro groups is 2. The van der Waals surface area contributed by atoms with Gasteiger partial charge in [-0.2, -0.15) is 0 Å². The Kier molecular flexibility index (Phi) is 3.45. The molecular formula is C14H10N2O5S. The molecule has 1 heterocycles. The summed E-state index contributed by atoms with van der Waals surface area (Å²) in [5.74, 6) is -0.893. The first-order valence-corrected chi connectivity index (χ1v) is 7.35. The SMILES string of the molecule is O=C1c2ccccc2CC[C@@H]1c1sc([N+](=O)[O-])cc1[N+](=O)[O-]. The summed E-state index contributed by atoms with van der Waals surface area (Å²) in [4.78, 5) is 33.4. The van der Waals surface area contributed by atoms with Crippen LogP contribution in [0.15, 0.2) is 30.3 Å². The maximum absolute atomic E-state index is 12.6. The maximum atomic E-state index is 12.6. The van der Waals surface area contributed by atoms with Crippen molar-refractivity contribution in [2.75, 3.05) is 0 Å². The van der Waals surface area contributed by atoms with Gasteiger partial charge in [0.15, 0.2) is 5.78 Å². The molecule has 112 valence electrons. The predicted molar refractivity (Wildman–Crippen MR) is 79.5 cm³/mol. The molecule has 0 saturated heterocycles. The zero-order chi connectivity index (χ0) is 15.9. The summed E-state index contributed by atoms with van der Waals surface area (Å²) in [6.07, 6.45) is 1.05. The van der Waals surface area contributed by atoms with Crippen LogP contribution in [0, 0.1) is 20.2 Å². The van der Waals surface area contributed by atoms with Gasteiger partial charge in [-0.1, -0.05) is 35.6 Å². The smallest absolute Gasteiger partial charge is 0.293 e. The highest BCUT2D eigenvalue weighted by Crippen LogP contribution is 2.44. The average Bonchev–Trinajstić information content (AvgIpc) is 2.93. The van der Waals surface area contributed by atoms with Gasteiger partial charge < -0.3 is 0 Å². The Hall–Kier alpha value is -2.61. The van der Waals surface area contributed by atoms with Gasteiger partial charge in [0.05, 0.1) is 20.6 Å². The van der Waals surface area contributed by atoms with Crippen molar-refractivity contribution in [2.24, 2.45) is 0 Å². The van der Waals surface area contributed by atoms with Gasteiger partial charge >= 0.3 is 5.00 Å². The van der Waals surface area contributed by atoms with Crippen LogP contribution in [0.4, 0.5) is 10.7 Å². The minimum absolute atomic E-state index is 0.177. The summed E-state index contributed by atoms with van der Waals surface area (Å²) in [7, 11) is 0. The van der Waals surface area contributed by atoms with Crippen LogP contribution in [0.5, 0.6) is 0 Å². The number of carbonyl (C=O) groups is 1. The van der Waals surface area contributed by atoms with E-state index in [1.165, 1.54) is 0 Å². The van der Waals surface area contributed by atoms with Crippen LogP contribution in [0.25, 0.3) is 0 Å². The Morgan fingerprint density at radius 3 is 2.55 bits per heavy atom. The highest BCUT2D eigenvalue weighted by molar-refractivity contribution is 7.16. The van der Waals surface area contributed by atoms with Crippen molar-refractivity contribution in [1.82, 2.24) is 0 Å². The number of ketones is 1. The first-order valence-electron chi connectivity index (χ1n) is 6.53. The summed E-state index contributed by atoms with van der Waals surface area (Å²) in [5, 5.41) is 21.7. The molecule has 22 heavy (non-hydrogen) atoms. The third-order valence-electron chi connectivity index (χ3n) is 3.72. The molecule has 0 N–H and O–H groups in total. The molecule has 0 saturated carbocycles. The van der Waals surface area contributed by atoms with Crippen molar-refractivity contribution >= 4 is 27.8 Å². The third-order valence-corrected chi connectivity index (χ3v) is 4.91. The molecular weight excluding hydrogens is 308 g/mol. The number of hydrogen-bond acceptors (Lipinski definition) is 6. The molecule has 0 fully saturated rings. The predicted octanol–water partition coefficient (Wildman–Crippen LogP) is 3.48. The fourth-order valence-corrected chi connectivity index (χ4v) is 3.79. The second-order valence-electron chi connectivity index (χ2n) is 4.96. The van der Waals surface area contributed by atoms with E-state index in [-0.39, 0.29) is 21.3 Å². The zero-order valence-electron chi connectivity index (χ0n) is 11.2. The molecule has 1 aromatic carbocycles. The lowest BCUT2D eigenvalue weighted by molar-refractivity contribution is -0.390. The summed E-state index contributed by atoms with van der Waals surface area (Å²) >= 11 is 0.719. The molecule has 2 aromatic rings. The molecule has 1 atom stereocenters. The van der Waals surface area contributed by atoms with Crippen molar-refractivity contribution in [3.8, 4) is 0 Å². The van der Waals surface area contributed by atoms with E-state index >= 15 is 0 Å². The van der Waals surface area contributed by atoms with E-state index < -0.39 is 15.8 Å². The van der Waals surface area contributed by atoms with Gasteiger partial charge in [0.2, 0.25) is 0 Å². The van der Waals surface area contributed by atoms with E-state index in [2.05, 4.69) is 0 Å². The Balaban J connectivity index is 2.07. The van der Waals surface area contributed by atoms with E-state index in [1.807, 2.05) is 12.1 Å². The van der Waals surface area contributed by atoms with E-state index in [9.17, 15) is 25.0 Å². The molecule has 0 radical (unpaired) electrons. The molecule has 1 aliphatic rings. The quantitative estimate of drug-likeness (QED) is 0.636. The second-order valence-corrected chi connectivity index (χ2v) is 6.02. The number of thiophene rings is 1. The molecule has 0 aliphatic heterocycles. The van der Waals surface area contributed by atoms with Crippen LogP contribution < -0.4 is 0 Å². The number of Topliss-reactive ketones (excluding diaryl/α,β-unsaturated/α-hetero) is 1. The van der Waals surface area contributed by atoms with Crippen LogP contribution in [0.3, 0.4) is 0 Å². The Labute approximate surface area is 128 Å². The highest BCUT2D eigenvalue weighted by Gasteiger charge is 2.37. The average molecular weight is 318 g/mol. The van der Waals surface area contributed by atoms with E-state index in [0.29, 0.717) is 18.4 Å². The minimum atomic E-state index is -0.686. The number of rotatable bonds is 3. The largest absolute Gasteiger partial charge is 0.331 e. The van der Waals surface area contributed by atoms with Crippen molar-refractivity contribution in [2.45, 2.75) is 18.8 Å². The molecule has 3 rings (SSSR count). The van der Waals surface area contributed by atoms with Gasteiger partial charge in [-0.05, 0) is 18.4 Å². The number of hydrogen-bond donors (Lipinski definition) is 0. The van der Waals surface area contributed by atoms with Crippen molar-refractivity contribution < 1.29 is 14.6 Å². The van der Waals surface area contributed by atoms with Crippen molar-refractivity contribution in [3.05, 3.63) is 66.6 Å². The van der Waals surface area contributed by atoms with Crippen LogP contribution in [-0.4, -0.2) is 15.6 Å². The number of fused-ring (bicyclic) bond motifs is 1. The van der Waals surface area contributed by atoms with Gasteiger partial charge in [-0.15, -0.1) is 0 Å². The Morgan fingerprint density at radius 1 is 1.14 bits per heavy atom. The first kappa shape index (κ1) is 14.3. The summed E-state index contributed by atoms with van der Waals surface area (Å²) < 4.78 is 0. The van der Waals surface area contributed by atoms with Gasteiger partial charge in [0.25, 0.3) is 5.69 Å². The monoisotopic (exact) mass is 318 g/mol. The topological polar surface area (TPSA) is 103 Å². The summed E-state index contributed by atoms with van der Waals surface area (Å²) in [6, 6.07) is 8.06. The van der Waals surface area contributed by atoms with Crippen LogP contribution >= 0.6 is 11.3 Å². The fraction of sp³-hybridized carbons (Fsp3) is 0.214. The first-order chi connectivity index (χ1) is 10.5. The standard InChI is InChI=1S/C14H10N2O5S/c17-13-9-4-2-1-3-8(9)5-6-10(13)14-11(15(18)19)7-12(22-14)16(20)21/h1-4,7,10H,5-6H2/t10-/m0/s1. The normalized spacial score (nSPS) is 17.1. The second kappa shape index (κ2) is 5.30. The van der Waals surface area contributed by atoms with Crippen LogP contribution in [0.2, 0.25) is 0 Å². The van der Waals surface area contributed by atoms with E-state index in [1.54, 1.807) is 12.1 Å². The molecule has 0 unspecified atom stereocenters. The summed E-state index contributed by atoms with van der Waals surface area (Å²) in [6.45, 7) is 0. The van der Waals surface area contributed by atoms with Gasteiger partial charge in [-0.3, -0.25) is 25.0 Å². The lowest BCUT2D eigenvalue weighted by Crippen LogP contribution is -2.20. The van der Waals surface area contributed by atoms with Gasteiger partial charge in [-0.25, -0.2) is 0 Å². The Bertz CT molecular complexity index is 798. The number of aryl methyl sites for hydroxylation is 1. The number of nitrogens with zero attached hydrogens (tertiary/aromatic N) is 2.